The topological polar surface area (TPSA) is 18.1 Å². The molecule has 12 rings (SSSR count). The molecule has 0 aliphatic carbocycles. The molecule has 2 nitrogen and oxygen atoms in total. The third-order valence-electron chi connectivity index (χ3n) is 16.9. The van der Waals surface area contributed by atoms with Gasteiger partial charge in [-0.2, -0.15) is 0 Å². The van der Waals surface area contributed by atoms with E-state index in [1.165, 1.54) is 135 Å². The van der Waals surface area contributed by atoms with Crippen LogP contribution in [0.5, 0.6) is 0 Å². The van der Waals surface area contributed by atoms with Crippen molar-refractivity contribution in [1.29, 1.82) is 0 Å². The SMILES string of the molecule is Bc1c(B)c(B)c(-c2cc(S(c3ccccc3)(c3ccccc3)c3ccccc3)cc(-c3c(B)c(B)c(B)c(B)c3B)c2-n2c3ccccc3c3cc(-c4cccc5oc6ccccc6c45)ccc32)c(B)c1B. The van der Waals surface area contributed by atoms with E-state index in [4.69, 9.17) is 4.42 Å². The maximum Gasteiger partial charge on any atom is 0.139 e. The molecule has 338 valence electrons. The van der Waals surface area contributed by atoms with Gasteiger partial charge in [-0.15, -0.1) is 42.8 Å². The number of para-hydroxylation sites is 2. The van der Waals surface area contributed by atoms with Crippen molar-refractivity contribution in [2.45, 2.75) is 19.6 Å². The standard InChI is InChI=1S/C60H51B10NOS/c61-50-48(51(62)55(66)58(69)54(50)65)41-30-36(73(33-15-4-1-5-16-33,34-17-6-2-7-18-34)35-19-8-3-9-20-35)31-42(49-52(63)56(67)59(70)57(68)53(49)64)60(41)71-43-24-12-10-21-38(43)40-29-32(27-28-44(40)71)37-23-14-26-46-47(37)39-22-11-13-25-45(39)72-46/h1-31H,61-70H2. The Hall–Kier alpha value is -7.20. The van der Waals surface area contributed by atoms with Gasteiger partial charge in [-0.1, -0.05) is 131 Å². The maximum absolute atomic E-state index is 6.45. The largest absolute Gasteiger partial charge is 0.456 e. The molecule has 13 heteroatoms. The summed E-state index contributed by atoms with van der Waals surface area (Å²) in [5.41, 5.74) is 26.1. The smallest absolute Gasteiger partial charge is 0.139 e. The van der Waals surface area contributed by atoms with Crippen LogP contribution in [0.2, 0.25) is 0 Å². The lowest BCUT2D eigenvalue weighted by atomic mass is 9.58. The van der Waals surface area contributed by atoms with Gasteiger partial charge in [0.25, 0.3) is 0 Å². The fraction of sp³-hybridized carbons (Fsp3) is 0. The van der Waals surface area contributed by atoms with E-state index in [9.17, 15) is 0 Å². The molecule has 0 fully saturated rings. The fourth-order valence-electron chi connectivity index (χ4n) is 12.3. The molecular formula is C60H51B10NOS. The van der Waals surface area contributed by atoms with Crippen molar-refractivity contribution >= 4 is 187 Å². The Labute approximate surface area is 439 Å². The number of hydrogen-bond donors (Lipinski definition) is 0. The van der Waals surface area contributed by atoms with Gasteiger partial charge in [0, 0.05) is 52.3 Å². The number of fused-ring (bicyclic) bond motifs is 6. The van der Waals surface area contributed by atoms with Gasteiger partial charge in [-0.05, 0) is 101 Å². The summed E-state index contributed by atoms with van der Waals surface area (Å²) in [6.45, 7) is 0. The van der Waals surface area contributed by atoms with Gasteiger partial charge in [-0.3, -0.25) is 0 Å². The second-order valence-electron chi connectivity index (χ2n) is 20.3. The first kappa shape index (κ1) is 46.8. The molecule has 12 aromatic rings. The van der Waals surface area contributed by atoms with Gasteiger partial charge in [0.05, 0.1) is 16.7 Å². The fourth-order valence-corrected chi connectivity index (χ4v) is 16.2. The van der Waals surface area contributed by atoms with Crippen molar-refractivity contribution in [3.63, 3.8) is 0 Å². The Balaban J connectivity index is 1.31. The maximum atomic E-state index is 6.45. The molecule has 0 saturated carbocycles. The monoisotopic (exact) mass is 943 g/mol. The van der Waals surface area contributed by atoms with Crippen LogP contribution in [-0.2, 0) is 0 Å². The zero-order valence-electron chi connectivity index (χ0n) is 43.7. The second kappa shape index (κ2) is 18.1. The Bertz CT molecular complexity index is 3970. The first-order chi connectivity index (χ1) is 35.4. The summed E-state index contributed by atoms with van der Waals surface area (Å²) < 4.78 is 9.08. The van der Waals surface area contributed by atoms with Crippen LogP contribution in [-0.4, -0.2) is 83.0 Å². The first-order valence-corrected chi connectivity index (χ1v) is 27.3. The number of benzene rings is 10. The summed E-state index contributed by atoms with van der Waals surface area (Å²) in [5.74, 6) is 0. The zero-order chi connectivity index (χ0) is 50.4. The van der Waals surface area contributed by atoms with E-state index >= 15 is 0 Å². The van der Waals surface area contributed by atoms with Crippen molar-refractivity contribution in [2.24, 2.45) is 0 Å². The molecule has 73 heavy (non-hydrogen) atoms. The normalized spacial score (nSPS) is 12.1. The summed E-state index contributed by atoms with van der Waals surface area (Å²) >= 11 is 0. The molecule has 10 aromatic carbocycles. The predicted molar refractivity (Wildman–Crippen MR) is 346 cm³/mol. The van der Waals surface area contributed by atoms with Gasteiger partial charge in [-0.25, -0.2) is 0 Å². The number of rotatable bonds is 8. The van der Waals surface area contributed by atoms with Crippen LogP contribution in [0.15, 0.2) is 212 Å². The minimum Gasteiger partial charge on any atom is -0.456 e. The van der Waals surface area contributed by atoms with E-state index in [1.54, 1.807) is 0 Å². The van der Waals surface area contributed by atoms with E-state index in [1.807, 2.05) is 0 Å². The zero-order valence-corrected chi connectivity index (χ0v) is 44.5. The molecule has 0 spiro atoms. The lowest BCUT2D eigenvalue weighted by Crippen LogP contribution is -2.55. The molecule has 2 aromatic heterocycles. The van der Waals surface area contributed by atoms with Crippen molar-refractivity contribution in [3.8, 4) is 39.1 Å². The third kappa shape index (κ3) is 7.09. The van der Waals surface area contributed by atoms with E-state index in [-0.39, 0.29) is 0 Å². The third-order valence-corrected chi connectivity index (χ3v) is 20.8. The Morgan fingerprint density at radius 2 is 0.740 bits per heavy atom. The minimum atomic E-state index is -2.13. The number of hydrogen-bond acceptors (Lipinski definition) is 1. The highest BCUT2D eigenvalue weighted by atomic mass is 32.3. The highest BCUT2D eigenvalue weighted by Crippen LogP contribution is 2.74. The number of aromatic nitrogens is 1. The van der Waals surface area contributed by atoms with Crippen molar-refractivity contribution in [3.05, 3.63) is 188 Å². The van der Waals surface area contributed by atoms with Gasteiger partial charge in [0.15, 0.2) is 0 Å². The molecule has 0 amide bonds. The Morgan fingerprint density at radius 1 is 0.315 bits per heavy atom. The molecule has 0 bridgehead atoms. The lowest BCUT2D eigenvalue weighted by Gasteiger charge is -2.43. The first-order valence-electron chi connectivity index (χ1n) is 25.7. The quantitative estimate of drug-likeness (QED) is 0.190. The number of nitrogens with zero attached hydrogens (tertiary/aromatic N) is 1. The summed E-state index contributed by atoms with van der Waals surface area (Å²) in [7, 11) is 21.2. The van der Waals surface area contributed by atoms with Crippen molar-refractivity contribution in [1.82, 2.24) is 4.57 Å². The van der Waals surface area contributed by atoms with E-state index in [0.717, 1.165) is 21.9 Å². The van der Waals surface area contributed by atoms with Crippen molar-refractivity contribution in [2.75, 3.05) is 0 Å². The average molecular weight is 942 g/mol. The summed E-state index contributed by atoms with van der Waals surface area (Å²) in [4.78, 5) is 5.21. The molecule has 0 atom stereocenters. The molecule has 0 aliphatic rings. The lowest BCUT2D eigenvalue weighted by molar-refractivity contribution is 0.669. The molecule has 0 radical (unpaired) electrons. The van der Waals surface area contributed by atoms with Crippen LogP contribution in [0.1, 0.15) is 0 Å². The van der Waals surface area contributed by atoms with Crippen LogP contribution in [0, 0.1) is 0 Å². The van der Waals surface area contributed by atoms with Gasteiger partial charge >= 0.3 is 0 Å². The van der Waals surface area contributed by atoms with Gasteiger partial charge in [0.1, 0.15) is 89.6 Å². The highest BCUT2D eigenvalue weighted by molar-refractivity contribution is 8.34. The predicted octanol–water partition coefficient (Wildman–Crippen LogP) is -0.391. The van der Waals surface area contributed by atoms with E-state index in [0.29, 0.717) is 0 Å². The molecule has 0 aliphatic heterocycles. The molecule has 2 heterocycles. The van der Waals surface area contributed by atoms with Crippen molar-refractivity contribution < 1.29 is 4.42 Å². The van der Waals surface area contributed by atoms with E-state index in [2.05, 4.69) is 271 Å². The summed E-state index contributed by atoms with van der Waals surface area (Å²) in [6.07, 6.45) is 0. The molecule has 0 saturated heterocycles. The minimum absolute atomic E-state index is 0.902. The van der Waals surface area contributed by atoms with Crippen LogP contribution >= 0.6 is 10.0 Å². The summed E-state index contributed by atoms with van der Waals surface area (Å²) in [6, 6.07) is 70.4. The van der Waals surface area contributed by atoms with Crippen LogP contribution in [0.4, 0.5) is 0 Å². The Morgan fingerprint density at radius 3 is 1.26 bits per heavy atom. The van der Waals surface area contributed by atoms with Crippen LogP contribution in [0.3, 0.4) is 0 Å². The summed E-state index contributed by atoms with van der Waals surface area (Å²) in [5, 5.41) is 4.71. The van der Waals surface area contributed by atoms with Crippen LogP contribution < -0.4 is 54.6 Å². The second-order valence-corrected chi connectivity index (χ2v) is 23.4. The van der Waals surface area contributed by atoms with Crippen LogP contribution in [0.25, 0.3) is 82.8 Å². The average Bonchev–Trinajstić information content (AvgIpc) is 3.98. The highest BCUT2D eigenvalue weighted by Gasteiger charge is 2.36. The molecule has 0 N–H and O–H groups in total. The van der Waals surface area contributed by atoms with Gasteiger partial charge < -0.3 is 8.98 Å². The molecular weight excluding hydrogens is 891 g/mol. The van der Waals surface area contributed by atoms with E-state index < -0.39 is 10.0 Å². The number of furan rings is 1. The van der Waals surface area contributed by atoms with Gasteiger partial charge in [0.2, 0.25) is 0 Å². The Kier molecular flexibility index (Phi) is 11.6. The molecule has 0 unspecified atom stereocenters.